The van der Waals surface area contributed by atoms with E-state index in [1.807, 2.05) is 32.2 Å². The number of hydrogen-bond donors (Lipinski definition) is 3. The summed E-state index contributed by atoms with van der Waals surface area (Å²) in [7, 11) is 0. The van der Waals surface area contributed by atoms with E-state index >= 15 is 0 Å². The molecule has 0 aliphatic carbocycles. The molecule has 7 heteroatoms. The van der Waals surface area contributed by atoms with Crippen molar-refractivity contribution in [2.75, 3.05) is 19.6 Å². The summed E-state index contributed by atoms with van der Waals surface area (Å²) in [6.45, 7) is 6.76. The van der Waals surface area contributed by atoms with Crippen LogP contribution in [0.25, 0.3) is 0 Å². The normalized spacial score (nSPS) is 14.5. The van der Waals surface area contributed by atoms with Crippen LogP contribution in [-0.2, 0) is 29.1 Å². The number of aryl methyl sites for hydroxylation is 2. The molecule has 1 aliphatic heterocycles. The molecular formula is C21H29N5O2. The number of benzene rings is 1. The van der Waals surface area contributed by atoms with Gasteiger partial charge in [0.1, 0.15) is 0 Å². The fourth-order valence-corrected chi connectivity index (χ4v) is 3.43. The van der Waals surface area contributed by atoms with Gasteiger partial charge in [0.25, 0.3) is 0 Å². The lowest BCUT2D eigenvalue weighted by atomic mass is 10.1. The maximum Gasteiger partial charge on any atom is 0.234 e. The maximum absolute atomic E-state index is 12.2. The van der Waals surface area contributed by atoms with Crippen molar-refractivity contribution in [1.29, 1.82) is 0 Å². The minimum absolute atomic E-state index is 0.0298. The molecule has 0 unspecified atom stereocenters. The number of rotatable bonds is 9. The lowest BCUT2D eigenvalue weighted by molar-refractivity contribution is -0.125. The number of aromatic amines is 1. The Bertz CT molecular complexity index is 792. The van der Waals surface area contributed by atoms with Gasteiger partial charge in [0.15, 0.2) is 0 Å². The Labute approximate surface area is 165 Å². The Morgan fingerprint density at radius 2 is 1.93 bits per heavy atom. The van der Waals surface area contributed by atoms with Crippen molar-refractivity contribution >= 4 is 11.8 Å². The summed E-state index contributed by atoms with van der Waals surface area (Å²) in [5, 5.41) is 12.7. The topological polar surface area (TPSA) is 90.1 Å². The van der Waals surface area contributed by atoms with E-state index in [2.05, 4.69) is 37.9 Å². The van der Waals surface area contributed by atoms with Gasteiger partial charge in [0.2, 0.25) is 11.8 Å². The second-order valence-corrected chi connectivity index (χ2v) is 7.53. The van der Waals surface area contributed by atoms with E-state index in [0.717, 1.165) is 31.6 Å². The Morgan fingerprint density at radius 1 is 1.21 bits per heavy atom. The van der Waals surface area contributed by atoms with Gasteiger partial charge in [-0.1, -0.05) is 31.2 Å². The smallest absolute Gasteiger partial charge is 0.234 e. The van der Waals surface area contributed by atoms with Crippen LogP contribution in [0.15, 0.2) is 30.5 Å². The Morgan fingerprint density at radius 3 is 2.57 bits per heavy atom. The third kappa shape index (κ3) is 5.42. The first-order valence-corrected chi connectivity index (χ1v) is 9.85. The van der Waals surface area contributed by atoms with Crippen LogP contribution in [0.2, 0.25) is 0 Å². The SMILES string of the molecule is Cc1[nH]ncc1CCCNC(=O)[C@@H](C)CNC(=O)CN1Cc2ccccc2C1. The molecular weight excluding hydrogens is 354 g/mol. The van der Waals surface area contributed by atoms with Gasteiger partial charge in [0, 0.05) is 31.9 Å². The maximum atomic E-state index is 12.2. The number of carbonyl (C=O) groups excluding carboxylic acids is 2. The monoisotopic (exact) mass is 383 g/mol. The van der Waals surface area contributed by atoms with E-state index < -0.39 is 0 Å². The first-order chi connectivity index (χ1) is 13.5. The molecule has 3 rings (SSSR count). The number of nitrogens with one attached hydrogen (secondary N) is 3. The standard InChI is InChI=1S/C21H29N5O2/c1-15(21(28)22-9-5-8-17-11-24-25-16(17)2)10-23-20(27)14-26-12-18-6-3-4-7-19(18)13-26/h3-4,6-7,11,15H,5,8-10,12-14H2,1-2H3,(H,22,28)(H,23,27)(H,24,25)/t15-/m0/s1. The molecule has 0 saturated heterocycles. The summed E-state index contributed by atoms with van der Waals surface area (Å²) < 4.78 is 0. The van der Waals surface area contributed by atoms with Gasteiger partial charge in [-0.3, -0.25) is 19.6 Å². The van der Waals surface area contributed by atoms with E-state index in [1.54, 1.807) is 0 Å². The van der Waals surface area contributed by atoms with E-state index in [-0.39, 0.29) is 17.7 Å². The van der Waals surface area contributed by atoms with Crippen molar-refractivity contribution in [2.24, 2.45) is 5.92 Å². The van der Waals surface area contributed by atoms with E-state index in [4.69, 9.17) is 0 Å². The minimum Gasteiger partial charge on any atom is -0.356 e. The Kier molecular flexibility index (Phi) is 6.81. The quantitative estimate of drug-likeness (QED) is 0.573. The highest BCUT2D eigenvalue weighted by molar-refractivity contribution is 5.81. The summed E-state index contributed by atoms with van der Waals surface area (Å²) >= 11 is 0. The number of hydrogen-bond acceptors (Lipinski definition) is 4. The highest BCUT2D eigenvalue weighted by atomic mass is 16.2. The van der Waals surface area contributed by atoms with Gasteiger partial charge >= 0.3 is 0 Å². The zero-order chi connectivity index (χ0) is 19.9. The van der Waals surface area contributed by atoms with Crippen molar-refractivity contribution in [2.45, 2.75) is 39.8 Å². The number of carbonyl (C=O) groups is 2. The third-order valence-corrected chi connectivity index (χ3v) is 5.18. The van der Waals surface area contributed by atoms with E-state index in [0.29, 0.717) is 19.6 Å². The van der Waals surface area contributed by atoms with Crippen molar-refractivity contribution < 1.29 is 9.59 Å². The molecule has 0 bridgehead atoms. The molecule has 0 fully saturated rings. The summed E-state index contributed by atoms with van der Waals surface area (Å²) in [6.07, 6.45) is 3.57. The van der Waals surface area contributed by atoms with Crippen LogP contribution in [0.4, 0.5) is 0 Å². The first kappa shape index (κ1) is 20.1. The van der Waals surface area contributed by atoms with Gasteiger partial charge in [-0.2, -0.15) is 5.10 Å². The van der Waals surface area contributed by atoms with Gasteiger partial charge in [-0.25, -0.2) is 0 Å². The molecule has 150 valence electrons. The molecule has 3 N–H and O–H groups in total. The number of amides is 2. The molecule has 1 aromatic carbocycles. The molecule has 1 aromatic heterocycles. The second-order valence-electron chi connectivity index (χ2n) is 7.53. The molecule has 7 nitrogen and oxygen atoms in total. The zero-order valence-corrected chi connectivity index (χ0v) is 16.6. The molecule has 2 aromatic rings. The van der Waals surface area contributed by atoms with Gasteiger partial charge in [0.05, 0.1) is 18.7 Å². The van der Waals surface area contributed by atoms with Crippen molar-refractivity contribution in [3.8, 4) is 0 Å². The predicted molar refractivity (Wildman–Crippen MR) is 107 cm³/mol. The summed E-state index contributed by atoms with van der Waals surface area (Å²) in [5.74, 6) is -0.323. The molecule has 0 saturated carbocycles. The van der Waals surface area contributed by atoms with Crippen molar-refractivity contribution in [3.05, 3.63) is 52.8 Å². The summed E-state index contributed by atoms with van der Waals surface area (Å²) in [6, 6.07) is 8.26. The van der Waals surface area contributed by atoms with E-state index in [9.17, 15) is 9.59 Å². The molecule has 2 amide bonds. The minimum atomic E-state index is -0.254. The molecule has 1 aliphatic rings. The van der Waals surface area contributed by atoms with Crippen LogP contribution in [0.3, 0.4) is 0 Å². The van der Waals surface area contributed by atoms with Crippen LogP contribution >= 0.6 is 0 Å². The second kappa shape index (κ2) is 9.50. The summed E-state index contributed by atoms with van der Waals surface area (Å²) in [4.78, 5) is 26.5. The Hall–Kier alpha value is -2.67. The van der Waals surface area contributed by atoms with Gasteiger partial charge in [-0.15, -0.1) is 0 Å². The molecule has 28 heavy (non-hydrogen) atoms. The number of H-pyrrole nitrogens is 1. The third-order valence-electron chi connectivity index (χ3n) is 5.18. The van der Waals surface area contributed by atoms with E-state index in [1.165, 1.54) is 16.7 Å². The number of fused-ring (bicyclic) bond motifs is 1. The van der Waals surface area contributed by atoms with Crippen LogP contribution in [0, 0.1) is 12.8 Å². The highest BCUT2D eigenvalue weighted by Gasteiger charge is 2.21. The number of aromatic nitrogens is 2. The van der Waals surface area contributed by atoms with Crippen molar-refractivity contribution in [3.63, 3.8) is 0 Å². The molecule has 0 spiro atoms. The highest BCUT2D eigenvalue weighted by Crippen LogP contribution is 2.21. The van der Waals surface area contributed by atoms with Crippen LogP contribution in [0.1, 0.15) is 35.7 Å². The molecule has 2 heterocycles. The van der Waals surface area contributed by atoms with Crippen LogP contribution in [0.5, 0.6) is 0 Å². The Balaban J connectivity index is 1.30. The fourth-order valence-electron chi connectivity index (χ4n) is 3.43. The largest absolute Gasteiger partial charge is 0.356 e. The first-order valence-electron chi connectivity index (χ1n) is 9.85. The number of nitrogens with zero attached hydrogens (tertiary/aromatic N) is 2. The molecule has 1 atom stereocenters. The lowest BCUT2D eigenvalue weighted by Crippen LogP contribution is -2.41. The summed E-state index contributed by atoms with van der Waals surface area (Å²) in [5.41, 5.74) is 4.82. The predicted octanol–water partition coefficient (Wildman–Crippen LogP) is 1.54. The lowest BCUT2D eigenvalue weighted by Gasteiger charge is -2.16. The average molecular weight is 383 g/mol. The average Bonchev–Trinajstić information content (AvgIpc) is 3.28. The van der Waals surface area contributed by atoms with Gasteiger partial charge < -0.3 is 10.6 Å². The fraction of sp³-hybridized carbons (Fsp3) is 0.476. The van der Waals surface area contributed by atoms with Crippen LogP contribution < -0.4 is 10.6 Å². The zero-order valence-electron chi connectivity index (χ0n) is 16.6. The van der Waals surface area contributed by atoms with Crippen LogP contribution in [-0.4, -0.2) is 46.5 Å². The van der Waals surface area contributed by atoms with Gasteiger partial charge in [-0.05, 0) is 36.5 Å². The van der Waals surface area contributed by atoms with Crippen molar-refractivity contribution in [1.82, 2.24) is 25.7 Å². The molecule has 0 radical (unpaired) electrons.